The number of imidazole rings is 1. The molecule has 3 heterocycles. The molecule has 0 radical (unpaired) electrons. The van der Waals surface area contributed by atoms with Crippen LogP contribution in [0.4, 0.5) is 18.3 Å². The third-order valence-electron chi connectivity index (χ3n) is 4.95. The van der Waals surface area contributed by atoms with Gasteiger partial charge in [-0.05, 0) is 48.6 Å². The Bertz CT molecular complexity index is 1120. The predicted octanol–water partition coefficient (Wildman–Crippen LogP) is 5.43. The molecule has 0 saturated heterocycles. The summed E-state index contributed by atoms with van der Waals surface area (Å²) >= 11 is 1.38. The normalized spacial score (nSPS) is 15.6. The van der Waals surface area contributed by atoms with Crippen LogP contribution >= 0.6 is 11.3 Å². The van der Waals surface area contributed by atoms with Gasteiger partial charge in [0.1, 0.15) is 0 Å². The summed E-state index contributed by atoms with van der Waals surface area (Å²) in [6, 6.07) is 9.11. The lowest BCUT2D eigenvalue weighted by Crippen LogP contribution is -2.14. The molecule has 3 aromatic heterocycles. The monoisotopic (exact) mass is 415 g/mol. The summed E-state index contributed by atoms with van der Waals surface area (Å²) < 4.78 is 41.0. The highest BCUT2D eigenvalue weighted by Crippen LogP contribution is 2.44. The molecule has 1 aliphatic carbocycles. The van der Waals surface area contributed by atoms with Crippen molar-refractivity contribution >= 4 is 21.4 Å². The maximum Gasteiger partial charge on any atom is 0.416 e. The fraction of sp³-hybridized carbons (Fsp3) is 0.250. The van der Waals surface area contributed by atoms with Gasteiger partial charge in [0.05, 0.1) is 23.5 Å². The summed E-state index contributed by atoms with van der Waals surface area (Å²) in [7, 11) is 0. The number of pyridine rings is 1. The van der Waals surface area contributed by atoms with Crippen LogP contribution in [0.15, 0.2) is 55.0 Å². The average molecular weight is 415 g/mol. The number of halogens is 3. The zero-order chi connectivity index (χ0) is 20.0. The van der Waals surface area contributed by atoms with Crippen LogP contribution in [-0.2, 0) is 6.18 Å². The van der Waals surface area contributed by atoms with E-state index in [0.29, 0.717) is 21.6 Å². The van der Waals surface area contributed by atoms with E-state index >= 15 is 0 Å². The van der Waals surface area contributed by atoms with E-state index in [2.05, 4.69) is 20.4 Å². The Kier molecular flexibility index (Phi) is 4.27. The molecule has 1 atom stereocenters. The Morgan fingerprint density at radius 1 is 1.17 bits per heavy atom. The van der Waals surface area contributed by atoms with Crippen molar-refractivity contribution in [3.05, 3.63) is 66.1 Å². The Hall–Kier alpha value is -2.94. The Morgan fingerprint density at radius 2 is 2.03 bits per heavy atom. The summed E-state index contributed by atoms with van der Waals surface area (Å²) in [5, 5.41) is 8.50. The molecule has 0 bridgehead atoms. The molecule has 1 aliphatic rings. The van der Waals surface area contributed by atoms with Crippen LogP contribution in [0.1, 0.15) is 30.0 Å². The highest BCUT2D eigenvalue weighted by atomic mass is 32.1. The van der Waals surface area contributed by atoms with Gasteiger partial charge >= 0.3 is 6.18 Å². The number of benzene rings is 1. The van der Waals surface area contributed by atoms with Crippen LogP contribution in [0.2, 0.25) is 0 Å². The molecular weight excluding hydrogens is 399 g/mol. The van der Waals surface area contributed by atoms with Crippen molar-refractivity contribution < 1.29 is 13.2 Å². The van der Waals surface area contributed by atoms with Crippen LogP contribution in [0.5, 0.6) is 0 Å². The Balaban J connectivity index is 1.42. The molecule has 1 aromatic carbocycles. The third-order valence-corrected chi connectivity index (χ3v) is 5.80. The van der Waals surface area contributed by atoms with E-state index in [9.17, 15) is 13.2 Å². The average Bonchev–Trinajstić information content (AvgIpc) is 3.36. The van der Waals surface area contributed by atoms with Crippen LogP contribution in [0, 0.1) is 5.92 Å². The first kappa shape index (κ1) is 18.1. The van der Waals surface area contributed by atoms with E-state index in [1.165, 1.54) is 23.5 Å². The molecule has 1 N–H and O–H groups in total. The molecule has 5 nitrogen and oxygen atoms in total. The first-order valence-corrected chi connectivity index (χ1v) is 9.99. The van der Waals surface area contributed by atoms with Gasteiger partial charge < -0.3 is 5.32 Å². The van der Waals surface area contributed by atoms with Crippen molar-refractivity contribution in [2.75, 3.05) is 5.32 Å². The summed E-state index contributed by atoms with van der Waals surface area (Å²) in [5.41, 5.74) is 1.68. The molecule has 0 amide bonds. The van der Waals surface area contributed by atoms with Gasteiger partial charge in [0.2, 0.25) is 10.1 Å². The quantitative estimate of drug-likeness (QED) is 0.472. The van der Waals surface area contributed by atoms with Gasteiger partial charge in [-0.15, -0.1) is 5.10 Å². The molecule has 1 unspecified atom stereocenters. The van der Waals surface area contributed by atoms with E-state index in [1.807, 2.05) is 18.3 Å². The van der Waals surface area contributed by atoms with E-state index in [-0.39, 0.29) is 6.04 Å². The molecule has 148 valence electrons. The fourth-order valence-corrected chi connectivity index (χ4v) is 4.17. The van der Waals surface area contributed by atoms with Crippen LogP contribution in [0.25, 0.3) is 16.2 Å². The second-order valence-electron chi connectivity index (χ2n) is 7.08. The van der Waals surface area contributed by atoms with Gasteiger partial charge in [-0.2, -0.15) is 13.2 Å². The second kappa shape index (κ2) is 6.84. The summed E-state index contributed by atoms with van der Waals surface area (Å²) in [5.74, 6) is 0.306. The second-order valence-corrected chi connectivity index (χ2v) is 8.04. The standard InChI is InChI=1S/C20H16F3N5S/c21-20(22,23)15-5-1-3-13(9-15)17(12-6-7-12)26-18-27-28-11-16(25-19(28)29-18)14-4-2-8-24-10-14/h1-5,8-12,17H,6-7H2,(H,26,27). The SMILES string of the molecule is FC(F)(F)c1cccc(C(Nc2nn3cc(-c4cccnc4)nc3s2)C2CC2)c1. The number of rotatable bonds is 5. The van der Waals surface area contributed by atoms with E-state index in [1.54, 1.807) is 23.0 Å². The first-order chi connectivity index (χ1) is 14.0. The number of anilines is 1. The van der Waals surface area contributed by atoms with Gasteiger partial charge in [0.25, 0.3) is 0 Å². The summed E-state index contributed by atoms with van der Waals surface area (Å²) in [6.07, 6.45) is 2.89. The molecule has 0 aliphatic heterocycles. The van der Waals surface area contributed by atoms with Crippen molar-refractivity contribution in [3.63, 3.8) is 0 Å². The molecule has 1 saturated carbocycles. The number of nitrogens with zero attached hydrogens (tertiary/aromatic N) is 4. The molecule has 1 fully saturated rings. The van der Waals surface area contributed by atoms with E-state index in [0.717, 1.165) is 30.2 Å². The number of hydrogen-bond acceptors (Lipinski definition) is 5. The molecule has 0 spiro atoms. The highest BCUT2D eigenvalue weighted by Gasteiger charge is 2.35. The summed E-state index contributed by atoms with van der Waals surface area (Å²) in [4.78, 5) is 9.39. The number of hydrogen-bond donors (Lipinski definition) is 1. The summed E-state index contributed by atoms with van der Waals surface area (Å²) in [6.45, 7) is 0. The Morgan fingerprint density at radius 3 is 2.72 bits per heavy atom. The van der Waals surface area contributed by atoms with Crippen LogP contribution in [-0.4, -0.2) is 19.6 Å². The third kappa shape index (κ3) is 3.69. The highest BCUT2D eigenvalue weighted by molar-refractivity contribution is 7.20. The van der Waals surface area contributed by atoms with Crippen LogP contribution in [0.3, 0.4) is 0 Å². The van der Waals surface area contributed by atoms with Crippen molar-refractivity contribution in [2.24, 2.45) is 5.92 Å². The molecule has 5 rings (SSSR count). The van der Waals surface area contributed by atoms with Crippen molar-refractivity contribution in [1.29, 1.82) is 0 Å². The zero-order valence-corrected chi connectivity index (χ0v) is 15.9. The lowest BCUT2D eigenvalue weighted by Gasteiger charge is -2.19. The fourth-order valence-electron chi connectivity index (χ4n) is 3.36. The minimum Gasteiger partial charge on any atom is -0.353 e. The van der Waals surface area contributed by atoms with E-state index < -0.39 is 11.7 Å². The van der Waals surface area contributed by atoms with Crippen LogP contribution < -0.4 is 5.32 Å². The zero-order valence-electron chi connectivity index (χ0n) is 15.1. The van der Waals surface area contributed by atoms with E-state index in [4.69, 9.17) is 0 Å². The maximum absolute atomic E-state index is 13.1. The largest absolute Gasteiger partial charge is 0.416 e. The topological polar surface area (TPSA) is 55.1 Å². The van der Waals surface area contributed by atoms with Gasteiger partial charge in [-0.1, -0.05) is 23.5 Å². The van der Waals surface area contributed by atoms with Crippen molar-refractivity contribution in [1.82, 2.24) is 19.6 Å². The van der Waals surface area contributed by atoms with Crippen molar-refractivity contribution in [2.45, 2.75) is 25.1 Å². The first-order valence-electron chi connectivity index (χ1n) is 9.18. The number of fused-ring (bicyclic) bond motifs is 1. The van der Waals surface area contributed by atoms with Gasteiger partial charge in [-0.3, -0.25) is 4.98 Å². The molecule has 9 heteroatoms. The minimum absolute atomic E-state index is 0.203. The lowest BCUT2D eigenvalue weighted by molar-refractivity contribution is -0.137. The van der Waals surface area contributed by atoms with Gasteiger partial charge in [0.15, 0.2) is 0 Å². The number of aromatic nitrogens is 4. The number of nitrogens with one attached hydrogen (secondary N) is 1. The predicted molar refractivity (Wildman–Crippen MR) is 105 cm³/mol. The van der Waals surface area contributed by atoms with Gasteiger partial charge in [-0.25, -0.2) is 9.50 Å². The molecular formula is C20H16F3N5S. The Labute approximate surface area is 168 Å². The van der Waals surface area contributed by atoms with Gasteiger partial charge in [0, 0.05) is 18.0 Å². The number of alkyl halides is 3. The van der Waals surface area contributed by atoms with Crippen molar-refractivity contribution in [3.8, 4) is 11.3 Å². The maximum atomic E-state index is 13.1. The lowest BCUT2D eigenvalue weighted by atomic mass is 10.00. The molecule has 4 aromatic rings. The smallest absolute Gasteiger partial charge is 0.353 e. The molecule has 29 heavy (non-hydrogen) atoms. The minimum atomic E-state index is -4.35.